The third-order valence-electron chi connectivity index (χ3n) is 3.99. The summed E-state index contributed by atoms with van der Waals surface area (Å²) in [5.41, 5.74) is 1.95. The molecule has 1 nitrogen and oxygen atoms in total. The number of Topliss-reactive ketones (excluding diaryl/α,β-unsaturated/α-hetero) is 1. The van der Waals surface area contributed by atoms with E-state index in [0.717, 1.165) is 17.0 Å². The van der Waals surface area contributed by atoms with Crippen molar-refractivity contribution in [3.63, 3.8) is 0 Å². The van der Waals surface area contributed by atoms with Crippen molar-refractivity contribution >= 4 is 23.5 Å². The minimum absolute atomic E-state index is 0.196. The van der Waals surface area contributed by atoms with Gasteiger partial charge in [0.1, 0.15) is 5.78 Å². The Hall–Kier alpha value is -1.86. The summed E-state index contributed by atoms with van der Waals surface area (Å²) in [4.78, 5) is 11.8. The van der Waals surface area contributed by atoms with Crippen LogP contribution in [0.3, 0.4) is 0 Å². The molecule has 0 heterocycles. The second-order valence-electron chi connectivity index (χ2n) is 5.64. The zero-order valence-corrected chi connectivity index (χ0v) is 13.8. The van der Waals surface area contributed by atoms with Crippen molar-refractivity contribution in [2.45, 2.75) is 32.1 Å². The van der Waals surface area contributed by atoms with E-state index < -0.39 is 0 Å². The molecular formula is C20H21ClO. The molecule has 2 aromatic carbocycles. The van der Waals surface area contributed by atoms with Crippen LogP contribution in [0, 0.1) is 0 Å². The SMILES string of the molecule is CC[C@@](/C=C/c1cccc(Cl)c1)(CC(C)=O)c1ccccc1. The van der Waals surface area contributed by atoms with Crippen molar-refractivity contribution in [2.24, 2.45) is 0 Å². The van der Waals surface area contributed by atoms with Gasteiger partial charge in [-0.3, -0.25) is 4.79 Å². The van der Waals surface area contributed by atoms with Crippen LogP contribution >= 0.6 is 11.6 Å². The van der Waals surface area contributed by atoms with E-state index in [1.807, 2.05) is 42.5 Å². The topological polar surface area (TPSA) is 17.1 Å². The lowest BCUT2D eigenvalue weighted by Gasteiger charge is -2.29. The molecule has 0 radical (unpaired) electrons. The van der Waals surface area contributed by atoms with Crippen molar-refractivity contribution in [3.8, 4) is 0 Å². The first-order valence-electron chi connectivity index (χ1n) is 7.55. The van der Waals surface area contributed by atoms with Gasteiger partial charge < -0.3 is 0 Å². The minimum Gasteiger partial charge on any atom is -0.300 e. The Labute approximate surface area is 137 Å². The highest BCUT2D eigenvalue weighted by Gasteiger charge is 2.28. The van der Waals surface area contributed by atoms with E-state index in [9.17, 15) is 4.79 Å². The molecule has 0 amide bonds. The average molecular weight is 313 g/mol. The summed E-state index contributed by atoms with van der Waals surface area (Å²) in [6.45, 7) is 3.78. The van der Waals surface area contributed by atoms with Crippen LogP contribution in [0.2, 0.25) is 5.02 Å². The maximum Gasteiger partial charge on any atom is 0.131 e. The van der Waals surface area contributed by atoms with Gasteiger partial charge in [-0.05, 0) is 36.6 Å². The number of hydrogen-bond acceptors (Lipinski definition) is 1. The number of halogens is 1. The first-order chi connectivity index (χ1) is 10.6. The van der Waals surface area contributed by atoms with Crippen LogP contribution < -0.4 is 0 Å². The van der Waals surface area contributed by atoms with Gasteiger partial charge in [0.05, 0.1) is 0 Å². The van der Waals surface area contributed by atoms with Crippen LogP contribution in [0.4, 0.5) is 0 Å². The molecule has 0 saturated carbocycles. The van der Waals surface area contributed by atoms with Crippen molar-refractivity contribution in [1.29, 1.82) is 0 Å². The van der Waals surface area contributed by atoms with E-state index in [1.54, 1.807) is 6.92 Å². The van der Waals surface area contributed by atoms with E-state index in [1.165, 1.54) is 5.56 Å². The number of rotatable bonds is 6. The summed E-state index contributed by atoms with van der Waals surface area (Å²) in [6.07, 6.45) is 5.58. The van der Waals surface area contributed by atoms with E-state index in [0.29, 0.717) is 6.42 Å². The predicted octanol–water partition coefficient (Wildman–Crippen LogP) is 5.68. The minimum atomic E-state index is -0.268. The maximum absolute atomic E-state index is 11.8. The molecule has 0 saturated heterocycles. The molecule has 2 aromatic rings. The largest absolute Gasteiger partial charge is 0.300 e. The first kappa shape index (κ1) is 16.5. The van der Waals surface area contributed by atoms with E-state index in [4.69, 9.17) is 11.6 Å². The van der Waals surface area contributed by atoms with Gasteiger partial charge in [0, 0.05) is 16.9 Å². The summed E-state index contributed by atoms with van der Waals surface area (Å²) >= 11 is 6.04. The number of allylic oxidation sites excluding steroid dienone is 1. The van der Waals surface area contributed by atoms with E-state index in [-0.39, 0.29) is 11.2 Å². The molecule has 0 N–H and O–H groups in total. The Morgan fingerprint density at radius 1 is 1.14 bits per heavy atom. The molecule has 0 aromatic heterocycles. The predicted molar refractivity (Wildman–Crippen MR) is 94.2 cm³/mol. The van der Waals surface area contributed by atoms with Crippen molar-refractivity contribution in [3.05, 3.63) is 76.8 Å². The zero-order valence-electron chi connectivity index (χ0n) is 13.1. The number of carbonyl (C=O) groups excluding carboxylic acids is 1. The highest BCUT2D eigenvalue weighted by atomic mass is 35.5. The molecule has 0 unspecified atom stereocenters. The molecule has 1 atom stereocenters. The van der Waals surface area contributed by atoms with Gasteiger partial charge in [0.2, 0.25) is 0 Å². The summed E-state index contributed by atoms with van der Waals surface area (Å²) < 4.78 is 0. The third-order valence-corrected chi connectivity index (χ3v) is 4.22. The van der Waals surface area contributed by atoms with Crippen LogP contribution in [0.25, 0.3) is 6.08 Å². The Bertz CT molecular complexity index is 660. The number of carbonyl (C=O) groups is 1. The fourth-order valence-electron chi connectivity index (χ4n) is 2.78. The number of hydrogen-bond donors (Lipinski definition) is 0. The van der Waals surface area contributed by atoms with Crippen LogP contribution in [0.15, 0.2) is 60.7 Å². The maximum atomic E-state index is 11.8. The number of benzene rings is 2. The smallest absolute Gasteiger partial charge is 0.131 e. The van der Waals surface area contributed by atoms with Gasteiger partial charge in [-0.2, -0.15) is 0 Å². The summed E-state index contributed by atoms with van der Waals surface area (Å²) in [5, 5.41) is 0.718. The number of ketones is 1. The van der Waals surface area contributed by atoms with Gasteiger partial charge in [0.25, 0.3) is 0 Å². The normalized spacial score (nSPS) is 14.0. The van der Waals surface area contributed by atoms with Crippen molar-refractivity contribution < 1.29 is 4.79 Å². The molecule has 22 heavy (non-hydrogen) atoms. The second-order valence-corrected chi connectivity index (χ2v) is 6.08. The van der Waals surface area contributed by atoms with Gasteiger partial charge >= 0.3 is 0 Å². The fourth-order valence-corrected chi connectivity index (χ4v) is 2.98. The molecule has 0 aliphatic rings. The Balaban J connectivity index is 2.42. The van der Waals surface area contributed by atoms with Gasteiger partial charge in [-0.1, -0.05) is 73.1 Å². The van der Waals surface area contributed by atoms with Crippen LogP contribution in [0.5, 0.6) is 0 Å². The van der Waals surface area contributed by atoms with Gasteiger partial charge in [0.15, 0.2) is 0 Å². The van der Waals surface area contributed by atoms with Gasteiger partial charge in [-0.15, -0.1) is 0 Å². The first-order valence-corrected chi connectivity index (χ1v) is 7.93. The molecule has 2 rings (SSSR count). The molecule has 0 fully saturated rings. The molecule has 114 valence electrons. The third kappa shape index (κ3) is 4.08. The summed E-state index contributed by atoms with van der Waals surface area (Å²) in [5.74, 6) is 0.196. The fraction of sp³-hybridized carbons (Fsp3) is 0.250. The zero-order chi connectivity index (χ0) is 16.0. The summed E-state index contributed by atoms with van der Waals surface area (Å²) in [6, 6.07) is 18.0. The molecule has 0 aliphatic heterocycles. The van der Waals surface area contributed by atoms with Crippen LogP contribution in [0.1, 0.15) is 37.8 Å². The standard InChI is InChI=1S/C20H21ClO/c1-3-20(15-16(2)22,18-9-5-4-6-10-18)13-12-17-8-7-11-19(21)14-17/h4-14H,3,15H2,1-2H3/b13-12+/t20-/m1/s1. The highest BCUT2D eigenvalue weighted by Crippen LogP contribution is 2.34. The van der Waals surface area contributed by atoms with Crippen LogP contribution in [-0.4, -0.2) is 5.78 Å². The molecular weight excluding hydrogens is 292 g/mol. The quantitative estimate of drug-likeness (QED) is 0.670. The Morgan fingerprint density at radius 3 is 2.45 bits per heavy atom. The average Bonchev–Trinajstić information content (AvgIpc) is 2.52. The van der Waals surface area contributed by atoms with Crippen molar-refractivity contribution in [2.75, 3.05) is 0 Å². The monoisotopic (exact) mass is 312 g/mol. The Kier molecular flexibility index (Phi) is 5.57. The van der Waals surface area contributed by atoms with Crippen molar-refractivity contribution in [1.82, 2.24) is 0 Å². The molecule has 2 heteroatoms. The highest BCUT2D eigenvalue weighted by molar-refractivity contribution is 6.30. The summed E-state index contributed by atoms with van der Waals surface area (Å²) in [7, 11) is 0. The van der Waals surface area contributed by atoms with Gasteiger partial charge in [-0.25, -0.2) is 0 Å². The molecule has 0 spiro atoms. The van der Waals surface area contributed by atoms with E-state index in [2.05, 4.69) is 31.2 Å². The lowest BCUT2D eigenvalue weighted by atomic mass is 9.74. The second kappa shape index (κ2) is 7.42. The van der Waals surface area contributed by atoms with E-state index >= 15 is 0 Å². The lowest BCUT2D eigenvalue weighted by Crippen LogP contribution is -2.25. The molecule has 0 bridgehead atoms. The Morgan fingerprint density at radius 2 is 1.86 bits per heavy atom. The molecule has 0 aliphatic carbocycles. The lowest BCUT2D eigenvalue weighted by molar-refractivity contribution is -0.117. The van der Waals surface area contributed by atoms with Crippen LogP contribution in [-0.2, 0) is 10.2 Å².